The molecule has 0 unspecified atom stereocenters. The molecular weight excluding hydrogens is 319 g/mol. The van der Waals surface area contributed by atoms with Gasteiger partial charge in [-0.1, -0.05) is 0 Å². The second-order valence-corrected chi connectivity index (χ2v) is 3.96. The molecule has 0 aromatic heterocycles. The van der Waals surface area contributed by atoms with E-state index in [0.717, 1.165) is 18.2 Å². The van der Waals surface area contributed by atoms with E-state index in [2.05, 4.69) is 9.47 Å². The molecular formula is C14H12F3NO5. The first-order chi connectivity index (χ1) is 10.8. The molecule has 9 heteroatoms. The maximum atomic E-state index is 13.3. The highest BCUT2D eigenvalue weighted by molar-refractivity contribution is 5.95. The SMILES string of the molecule is CCOC(=O)/C=C/C(=O)OCC(=O)Nc1ccc(F)c(F)c1F. The summed E-state index contributed by atoms with van der Waals surface area (Å²) in [6.45, 7) is 0.886. The van der Waals surface area contributed by atoms with Crippen LogP contribution in [0, 0.1) is 17.5 Å². The first-order valence-electron chi connectivity index (χ1n) is 6.30. The van der Waals surface area contributed by atoms with Crippen molar-refractivity contribution in [2.24, 2.45) is 0 Å². The Morgan fingerprint density at radius 2 is 1.65 bits per heavy atom. The Balaban J connectivity index is 2.50. The van der Waals surface area contributed by atoms with E-state index in [1.807, 2.05) is 5.32 Å². The Bertz CT molecular complexity index is 646. The molecule has 0 saturated carbocycles. The van der Waals surface area contributed by atoms with Crippen LogP contribution in [0.3, 0.4) is 0 Å². The number of hydrogen-bond acceptors (Lipinski definition) is 5. The van der Waals surface area contributed by atoms with Crippen LogP contribution >= 0.6 is 0 Å². The monoisotopic (exact) mass is 331 g/mol. The average Bonchev–Trinajstić information content (AvgIpc) is 2.52. The van der Waals surface area contributed by atoms with Crippen molar-refractivity contribution in [2.45, 2.75) is 6.92 Å². The van der Waals surface area contributed by atoms with E-state index in [4.69, 9.17) is 0 Å². The van der Waals surface area contributed by atoms with Crippen LogP contribution in [0.2, 0.25) is 0 Å². The summed E-state index contributed by atoms with van der Waals surface area (Å²) in [5.41, 5.74) is -0.605. The van der Waals surface area contributed by atoms with Crippen molar-refractivity contribution < 1.29 is 37.0 Å². The lowest BCUT2D eigenvalue weighted by Crippen LogP contribution is -2.21. The van der Waals surface area contributed by atoms with Gasteiger partial charge < -0.3 is 14.8 Å². The molecule has 6 nitrogen and oxygen atoms in total. The lowest BCUT2D eigenvalue weighted by Gasteiger charge is -2.07. The summed E-state index contributed by atoms with van der Waals surface area (Å²) in [6, 6.07) is 1.44. The molecule has 0 saturated heterocycles. The molecule has 124 valence electrons. The van der Waals surface area contributed by atoms with Gasteiger partial charge in [0.25, 0.3) is 5.91 Å². The molecule has 1 amide bonds. The summed E-state index contributed by atoms with van der Waals surface area (Å²) >= 11 is 0. The van der Waals surface area contributed by atoms with E-state index in [0.29, 0.717) is 6.07 Å². The fourth-order valence-corrected chi connectivity index (χ4v) is 1.32. The highest BCUT2D eigenvalue weighted by Gasteiger charge is 2.15. The normalized spacial score (nSPS) is 10.4. The van der Waals surface area contributed by atoms with Crippen LogP contribution in [0.25, 0.3) is 0 Å². The maximum absolute atomic E-state index is 13.3. The smallest absolute Gasteiger partial charge is 0.331 e. The highest BCUT2D eigenvalue weighted by Crippen LogP contribution is 2.19. The Morgan fingerprint density at radius 3 is 2.26 bits per heavy atom. The number of carbonyl (C=O) groups excluding carboxylic acids is 3. The minimum Gasteiger partial charge on any atom is -0.463 e. The number of anilines is 1. The average molecular weight is 331 g/mol. The molecule has 0 radical (unpaired) electrons. The number of nitrogens with one attached hydrogen (secondary N) is 1. The molecule has 0 aliphatic rings. The van der Waals surface area contributed by atoms with Crippen molar-refractivity contribution in [3.8, 4) is 0 Å². The van der Waals surface area contributed by atoms with Gasteiger partial charge in [-0.3, -0.25) is 4.79 Å². The molecule has 0 atom stereocenters. The number of rotatable bonds is 6. The Kier molecular flexibility index (Phi) is 6.78. The van der Waals surface area contributed by atoms with E-state index < -0.39 is 47.6 Å². The van der Waals surface area contributed by atoms with Crippen LogP contribution in [0.4, 0.5) is 18.9 Å². The number of benzene rings is 1. The van der Waals surface area contributed by atoms with Crippen molar-refractivity contribution >= 4 is 23.5 Å². The maximum Gasteiger partial charge on any atom is 0.331 e. The van der Waals surface area contributed by atoms with Gasteiger partial charge in [-0.25, -0.2) is 22.8 Å². The van der Waals surface area contributed by atoms with Crippen molar-refractivity contribution in [3.63, 3.8) is 0 Å². The molecule has 0 spiro atoms. The fourth-order valence-electron chi connectivity index (χ4n) is 1.32. The van der Waals surface area contributed by atoms with Gasteiger partial charge in [0.05, 0.1) is 12.3 Å². The summed E-state index contributed by atoms with van der Waals surface area (Å²) in [6.07, 6.45) is 1.54. The van der Waals surface area contributed by atoms with Gasteiger partial charge >= 0.3 is 11.9 Å². The van der Waals surface area contributed by atoms with Crippen LogP contribution in [0.15, 0.2) is 24.3 Å². The third-order valence-electron chi connectivity index (χ3n) is 2.30. The topological polar surface area (TPSA) is 81.7 Å². The summed E-state index contributed by atoms with van der Waals surface area (Å²) in [5.74, 6) is -7.48. The van der Waals surface area contributed by atoms with E-state index in [-0.39, 0.29) is 6.61 Å². The van der Waals surface area contributed by atoms with Crippen LogP contribution in [-0.4, -0.2) is 31.1 Å². The first kappa shape index (κ1) is 18.2. The molecule has 23 heavy (non-hydrogen) atoms. The second-order valence-electron chi connectivity index (χ2n) is 3.96. The number of hydrogen-bond donors (Lipinski definition) is 1. The zero-order chi connectivity index (χ0) is 17.4. The Hall–Kier alpha value is -2.84. The number of esters is 2. The van der Waals surface area contributed by atoms with E-state index in [1.165, 1.54) is 0 Å². The predicted molar refractivity (Wildman–Crippen MR) is 71.7 cm³/mol. The van der Waals surface area contributed by atoms with Gasteiger partial charge in [0.2, 0.25) is 0 Å². The summed E-state index contributed by atoms with van der Waals surface area (Å²) in [5, 5.41) is 1.91. The van der Waals surface area contributed by atoms with Gasteiger partial charge in [-0.15, -0.1) is 0 Å². The zero-order valence-electron chi connectivity index (χ0n) is 11.9. The molecule has 0 fully saturated rings. The minimum absolute atomic E-state index is 0.125. The predicted octanol–water partition coefficient (Wildman–Crippen LogP) is 1.70. The number of halogens is 3. The molecule has 1 N–H and O–H groups in total. The van der Waals surface area contributed by atoms with Crippen molar-refractivity contribution in [1.29, 1.82) is 0 Å². The summed E-state index contributed by atoms with van der Waals surface area (Å²) in [4.78, 5) is 33.5. The van der Waals surface area contributed by atoms with Gasteiger partial charge in [0.1, 0.15) is 0 Å². The van der Waals surface area contributed by atoms with Gasteiger partial charge in [-0.05, 0) is 19.1 Å². The quantitative estimate of drug-likeness (QED) is 0.487. The van der Waals surface area contributed by atoms with E-state index in [9.17, 15) is 27.6 Å². The van der Waals surface area contributed by atoms with Crippen LogP contribution < -0.4 is 5.32 Å². The number of ether oxygens (including phenoxy) is 2. The van der Waals surface area contributed by atoms with Gasteiger partial charge in [0, 0.05) is 12.2 Å². The van der Waals surface area contributed by atoms with Crippen LogP contribution in [-0.2, 0) is 23.9 Å². The van der Waals surface area contributed by atoms with Crippen molar-refractivity contribution in [1.82, 2.24) is 0 Å². The third-order valence-corrected chi connectivity index (χ3v) is 2.30. The first-order valence-corrected chi connectivity index (χ1v) is 6.30. The summed E-state index contributed by atoms with van der Waals surface area (Å²) < 4.78 is 47.9. The van der Waals surface area contributed by atoms with Gasteiger partial charge in [0.15, 0.2) is 24.1 Å². The largest absolute Gasteiger partial charge is 0.463 e. The Labute approximate surface area is 128 Å². The number of carbonyl (C=O) groups is 3. The zero-order valence-corrected chi connectivity index (χ0v) is 11.9. The van der Waals surface area contributed by atoms with Crippen molar-refractivity contribution in [3.05, 3.63) is 41.7 Å². The van der Waals surface area contributed by atoms with Crippen LogP contribution in [0.1, 0.15) is 6.92 Å². The van der Waals surface area contributed by atoms with Crippen molar-refractivity contribution in [2.75, 3.05) is 18.5 Å². The minimum atomic E-state index is -1.74. The van der Waals surface area contributed by atoms with Gasteiger partial charge in [-0.2, -0.15) is 0 Å². The Morgan fingerprint density at radius 1 is 1.04 bits per heavy atom. The lowest BCUT2D eigenvalue weighted by atomic mass is 10.3. The van der Waals surface area contributed by atoms with E-state index in [1.54, 1.807) is 6.92 Å². The molecule has 0 aliphatic carbocycles. The lowest BCUT2D eigenvalue weighted by molar-refractivity contribution is -0.143. The molecule has 0 bridgehead atoms. The molecule has 1 aromatic rings. The summed E-state index contributed by atoms with van der Waals surface area (Å²) in [7, 11) is 0. The fraction of sp³-hybridized carbons (Fsp3) is 0.214. The van der Waals surface area contributed by atoms with Crippen LogP contribution in [0.5, 0.6) is 0 Å². The molecule has 0 heterocycles. The number of amides is 1. The highest BCUT2D eigenvalue weighted by atomic mass is 19.2. The third kappa shape index (κ3) is 5.81. The van der Waals surface area contributed by atoms with E-state index >= 15 is 0 Å². The molecule has 1 aromatic carbocycles. The second kappa shape index (κ2) is 8.57. The molecule has 0 aliphatic heterocycles. The standard InChI is InChI=1S/C14H12F3NO5/c1-2-22-11(20)5-6-12(21)23-7-10(19)18-9-4-3-8(15)13(16)14(9)17/h3-6H,2,7H2,1H3,(H,18,19)/b6-5+. The molecule has 1 rings (SSSR count).